The standard InChI is InChI=1S/C21H25FN2O.ClH/c1-15(10-16-6-5-9-19(22)11-16)21(25)24-13-18(12-23)20(14-24)17-7-3-2-4-8-17;/h2-9,11,15,18,20H,10,12-14,23H2,1H3;1H/t15?,18-,20+;/m1./s1. The Balaban J connectivity index is 0.00000243. The summed E-state index contributed by atoms with van der Waals surface area (Å²) in [6, 6.07) is 16.8. The SMILES string of the molecule is CC(Cc1cccc(F)c1)C(=O)N1C[C@@H](CN)[C@H](c2ccccc2)C1.Cl. The zero-order valence-electron chi connectivity index (χ0n) is 15.0. The minimum atomic E-state index is -0.259. The van der Waals surface area contributed by atoms with Crippen molar-refractivity contribution in [2.45, 2.75) is 19.3 Å². The number of benzene rings is 2. The van der Waals surface area contributed by atoms with Crippen molar-refractivity contribution in [3.8, 4) is 0 Å². The van der Waals surface area contributed by atoms with Crippen molar-refractivity contribution in [2.24, 2.45) is 17.6 Å². The van der Waals surface area contributed by atoms with Gasteiger partial charge < -0.3 is 10.6 Å². The van der Waals surface area contributed by atoms with Crippen LogP contribution in [0.3, 0.4) is 0 Å². The average Bonchev–Trinajstić information content (AvgIpc) is 3.06. The lowest BCUT2D eigenvalue weighted by atomic mass is 9.89. The summed E-state index contributed by atoms with van der Waals surface area (Å²) in [6.07, 6.45) is 0.552. The summed E-state index contributed by atoms with van der Waals surface area (Å²) in [4.78, 5) is 14.8. The Morgan fingerprint density at radius 1 is 1.19 bits per heavy atom. The molecule has 5 heteroatoms. The lowest BCUT2D eigenvalue weighted by Crippen LogP contribution is -2.34. The fraction of sp³-hybridized carbons (Fsp3) is 0.381. The molecule has 3 nitrogen and oxygen atoms in total. The molecule has 0 aliphatic carbocycles. The van der Waals surface area contributed by atoms with Crippen LogP contribution in [0, 0.1) is 17.7 Å². The molecule has 2 aromatic rings. The molecule has 0 bridgehead atoms. The number of carbonyl (C=O) groups is 1. The fourth-order valence-corrected chi connectivity index (χ4v) is 3.78. The Bertz CT molecular complexity index is 725. The predicted octanol–water partition coefficient (Wildman–Crippen LogP) is 3.63. The van der Waals surface area contributed by atoms with E-state index in [1.165, 1.54) is 17.7 Å². The number of hydrogen-bond donors (Lipinski definition) is 1. The van der Waals surface area contributed by atoms with Crippen molar-refractivity contribution in [1.82, 2.24) is 4.90 Å². The van der Waals surface area contributed by atoms with Gasteiger partial charge in [0, 0.05) is 24.9 Å². The summed E-state index contributed by atoms with van der Waals surface area (Å²) in [6.45, 7) is 3.89. The number of likely N-dealkylation sites (tertiary alicyclic amines) is 1. The Morgan fingerprint density at radius 2 is 1.92 bits per heavy atom. The number of rotatable bonds is 5. The molecule has 3 rings (SSSR count). The number of nitrogens with two attached hydrogens (primary N) is 1. The van der Waals surface area contributed by atoms with E-state index in [-0.39, 0.29) is 41.9 Å². The van der Waals surface area contributed by atoms with Gasteiger partial charge in [0.05, 0.1) is 0 Å². The molecule has 1 saturated heterocycles. The van der Waals surface area contributed by atoms with Gasteiger partial charge in [0.1, 0.15) is 5.82 Å². The molecule has 1 aliphatic heterocycles. The van der Waals surface area contributed by atoms with Crippen LogP contribution in [0.4, 0.5) is 4.39 Å². The molecule has 1 heterocycles. The molecule has 2 N–H and O–H groups in total. The Hall–Kier alpha value is -1.91. The van der Waals surface area contributed by atoms with Gasteiger partial charge in [-0.25, -0.2) is 4.39 Å². The van der Waals surface area contributed by atoms with Crippen molar-refractivity contribution in [3.63, 3.8) is 0 Å². The summed E-state index contributed by atoms with van der Waals surface area (Å²) < 4.78 is 13.3. The lowest BCUT2D eigenvalue weighted by molar-refractivity contribution is -0.134. The second kappa shape index (κ2) is 9.15. The maximum absolute atomic E-state index is 13.3. The van der Waals surface area contributed by atoms with E-state index in [9.17, 15) is 9.18 Å². The van der Waals surface area contributed by atoms with Gasteiger partial charge in [-0.2, -0.15) is 0 Å². The van der Waals surface area contributed by atoms with Crippen LogP contribution < -0.4 is 5.73 Å². The third-order valence-corrected chi connectivity index (χ3v) is 5.14. The monoisotopic (exact) mass is 376 g/mol. The molecule has 1 unspecified atom stereocenters. The van der Waals surface area contributed by atoms with Gasteiger partial charge in [0.25, 0.3) is 0 Å². The first-order chi connectivity index (χ1) is 12.1. The molecule has 3 atom stereocenters. The van der Waals surface area contributed by atoms with Crippen molar-refractivity contribution < 1.29 is 9.18 Å². The molecule has 1 aliphatic rings. The highest BCUT2D eigenvalue weighted by atomic mass is 35.5. The van der Waals surface area contributed by atoms with Crippen molar-refractivity contribution in [2.75, 3.05) is 19.6 Å². The topological polar surface area (TPSA) is 46.3 Å². The van der Waals surface area contributed by atoms with Crippen LogP contribution in [0.25, 0.3) is 0 Å². The van der Waals surface area contributed by atoms with Crippen LogP contribution in [-0.4, -0.2) is 30.4 Å². The van der Waals surface area contributed by atoms with Gasteiger partial charge in [-0.1, -0.05) is 49.4 Å². The van der Waals surface area contributed by atoms with E-state index in [0.29, 0.717) is 26.1 Å². The Morgan fingerprint density at radius 3 is 2.58 bits per heavy atom. The Labute approximate surface area is 160 Å². The van der Waals surface area contributed by atoms with Crippen LogP contribution >= 0.6 is 12.4 Å². The first-order valence-electron chi connectivity index (χ1n) is 8.86. The predicted molar refractivity (Wildman–Crippen MR) is 105 cm³/mol. The minimum Gasteiger partial charge on any atom is -0.341 e. The van der Waals surface area contributed by atoms with E-state index in [1.54, 1.807) is 6.07 Å². The fourth-order valence-electron chi connectivity index (χ4n) is 3.78. The van der Waals surface area contributed by atoms with Crippen molar-refractivity contribution in [3.05, 3.63) is 71.5 Å². The molecule has 0 saturated carbocycles. The third kappa shape index (κ3) is 4.63. The normalized spacial score (nSPS) is 20.5. The molecule has 0 spiro atoms. The third-order valence-electron chi connectivity index (χ3n) is 5.14. The smallest absolute Gasteiger partial charge is 0.225 e. The van der Waals surface area contributed by atoms with E-state index in [0.717, 1.165) is 5.56 Å². The molecular formula is C21H26ClFN2O. The lowest BCUT2D eigenvalue weighted by Gasteiger charge is -2.21. The van der Waals surface area contributed by atoms with Crippen molar-refractivity contribution in [1.29, 1.82) is 0 Å². The highest BCUT2D eigenvalue weighted by Gasteiger charge is 2.36. The van der Waals surface area contributed by atoms with Crippen LogP contribution in [-0.2, 0) is 11.2 Å². The maximum atomic E-state index is 13.3. The highest BCUT2D eigenvalue weighted by Crippen LogP contribution is 2.33. The van der Waals surface area contributed by atoms with Gasteiger partial charge >= 0.3 is 0 Å². The molecule has 0 radical (unpaired) electrons. The number of nitrogens with zero attached hydrogens (tertiary/aromatic N) is 1. The van der Waals surface area contributed by atoms with Crippen LogP contribution in [0.2, 0.25) is 0 Å². The molecule has 1 amide bonds. The number of carbonyl (C=O) groups excluding carboxylic acids is 1. The summed E-state index contributed by atoms with van der Waals surface area (Å²) in [5.41, 5.74) is 8.06. The van der Waals surface area contributed by atoms with E-state index in [4.69, 9.17) is 5.73 Å². The van der Waals surface area contributed by atoms with Crippen LogP contribution in [0.5, 0.6) is 0 Å². The summed E-state index contributed by atoms with van der Waals surface area (Å²) in [7, 11) is 0. The number of halogens is 2. The molecule has 2 aromatic carbocycles. The van der Waals surface area contributed by atoms with E-state index >= 15 is 0 Å². The van der Waals surface area contributed by atoms with Crippen molar-refractivity contribution >= 4 is 18.3 Å². The molecular weight excluding hydrogens is 351 g/mol. The largest absolute Gasteiger partial charge is 0.341 e. The molecule has 26 heavy (non-hydrogen) atoms. The molecule has 0 aromatic heterocycles. The quantitative estimate of drug-likeness (QED) is 0.866. The van der Waals surface area contributed by atoms with Crippen LogP contribution in [0.15, 0.2) is 54.6 Å². The average molecular weight is 377 g/mol. The molecule has 140 valence electrons. The second-order valence-corrected chi connectivity index (χ2v) is 6.99. The Kier molecular flexibility index (Phi) is 7.18. The van der Waals surface area contributed by atoms with Gasteiger partial charge in [-0.05, 0) is 42.1 Å². The summed E-state index contributed by atoms with van der Waals surface area (Å²) in [5, 5.41) is 0. The van der Waals surface area contributed by atoms with E-state index in [1.807, 2.05) is 36.1 Å². The molecule has 1 fully saturated rings. The summed E-state index contributed by atoms with van der Waals surface area (Å²) in [5.74, 6) is 0.269. The van der Waals surface area contributed by atoms with Gasteiger partial charge in [-0.15, -0.1) is 12.4 Å². The number of hydrogen-bond acceptors (Lipinski definition) is 2. The van der Waals surface area contributed by atoms with Gasteiger partial charge in [-0.3, -0.25) is 4.79 Å². The first kappa shape index (κ1) is 20.4. The van der Waals surface area contributed by atoms with E-state index in [2.05, 4.69) is 12.1 Å². The zero-order valence-corrected chi connectivity index (χ0v) is 15.8. The second-order valence-electron chi connectivity index (χ2n) is 6.99. The summed E-state index contributed by atoms with van der Waals surface area (Å²) >= 11 is 0. The first-order valence-corrected chi connectivity index (χ1v) is 8.86. The highest BCUT2D eigenvalue weighted by molar-refractivity contribution is 5.85. The van der Waals surface area contributed by atoms with Crippen LogP contribution in [0.1, 0.15) is 24.0 Å². The minimum absolute atomic E-state index is 0. The van der Waals surface area contributed by atoms with E-state index < -0.39 is 0 Å². The zero-order chi connectivity index (χ0) is 17.8. The van der Waals surface area contributed by atoms with Gasteiger partial charge in [0.2, 0.25) is 5.91 Å². The maximum Gasteiger partial charge on any atom is 0.225 e. The van der Waals surface area contributed by atoms with Gasteiger partial charge in [0.15, 0.2) is 0 Å². The number of amides is 1.